The van der Waals surface area contributed by atoms with Crippen molar-refractivity contribution < 1.29 is 0 Å². The summed E-state index contributed by atoms with van der Waals surface area (Å²) in [5.74, 6) is 1.11. The molecule has 1 atom stereocenters. The van der Waals surface area contributed by atoms with E-state index in [-0.39, 0.29) is 0 Å². The van der Waals surface area contributed by atoms with Crippen molar-refractivity contribution in [3.8, 4) is 0 Å². The Morgan fingerprint density at radius 3 is 2.89 bits per heavy atom. The van der Waals surface area contributed by atoms with Crippen LogP contribution in [0.2, 0.25) is 0 Å². The van der Waals surface area contributed by atoms with E-state index < -0.39 is 0 Å². The Morgan fingerprint density at radius 1 is 1.33 bits per heavy atom. The van der Waals surface area contributed by atoms with Crippen molar-refractivity contribution in [2.24, 2.45) is 0 Å². The number of rotatable bonds is 6. The molecule has 0 aliphatic heterocycles. The molecule has 18 heavy (non-hydrogen) atoms. The molecule has 0 amide bonds. The molecule has 0 aromatic carbocycles. The fourth-order valence-corrected chi connectivity index (χ4v) is 2.18. The van der Waals surface area contributed by atoms with Gasteiger partial charge in [-0.05, 0) is 32.0 Å². The third-order valence-corrected chi connectivity index (χ3v) is 3.25. The molecule has 0 saturated heterocycles. The molecule has 0 radical (unpaired) electrons. The summed E-state index contributed by atoms with van der Waals surface area (Å²) in [4.78, 5) is 4.40. The summed E-state index contributed by atoms with van der Waals surface area (Å²) < 4.78 is 4.37. The number of nitrogens with zero attached hydrogens (tertiary/aromatic N) is 3. The standard InChI is InChI=1S/C14H22N4/c1-4-15-12(3)13-6-8-17(10-13)11-14-16-7-9-18(14)5-2/h6-10,12,15H,4-5,11H2,1-3H3. The monoisotopic (exact) mass is 246 g/mol. The van der Waals surface area contributed by atoms with E-state index in [0.29, 0.717) is 6.04 Å². The van der Waals surface area contributed by atoms with Crippen LogP contribution < -0.4 is 5.32 Å². The number of hydrogen-bond donors (Lipinski definition) is 1. The van der Waals surface area contributed by atoms with Gasteiger partial charge in [-0.3, -0.25) is 0 Å². The van der Waals surface area contributed by atoms with E-state index in [0.717, 1.165) is 25.5 Å². The van der Waals surface area contributed by atoms with Crippen LogP contribution in [-0.4, -0.2) is 20.7 Å². The van der Waals surface area contributed by atoms with Gasteiger partial charge in [-0.1, -0.05) is 6.92 Å². The number of aryl methyl sites for hydroxylation is 1. The number of imidazole rings is 1. The van der Waals surface area contributed by atoms with Crippen LogP contribution in [0.5, 0.6) is 0 Å². The first kappa shape index (κ1) is 12.9. The predicted octanol–water partition coefficient (Wildman–Crippen LogP) is 2.42. The number of nitrogens with one attached hydrogen (secondary N) is 1. The van der Waals surface area contributed by atoms with Gasteiger partial charge >= 0.3 is 0 Å². The average molecular weight is 246 g/mol. The van der Waals surface area contributed by atoms with Crippen LogP contribution in [0, 0.1) is 0 Å². The summed E-state index contributed by atoms with van der Waals surface area (Å²) in [5, 5.41) is 3.42. The molecule has 2 rings (SSSR count). The summed E-state index contributed by atoms with van der Waals surface area (Å²) in [5.41, 5.74) is 1.33. The molecule has 2 aromatic heterocycles. The predicted molar refractivity (Wildman–Crippen MR) is 73.5 cm³/mol. The Morgan fingerprint density at radius 2 is 2.17 bits per heavy atom. The molecule has 98 valence electrons. The Kier molecular flexibility index (Phi) is 4.20. The Hall–Kier alpha value is -1.55. The molecule has 2 aromatic rings. The van der Waals surface area contributed by atoms with E-state index in [2.05, 4.69) is 58.7 Å². The summed E-state index contributed by atoms with van der Waals surface area (Å²) >= 11 is 0. The fraction of sp³-hybridized carbons (Fsp3) is 0.500. The Bertz CT molecular complexity index is 483. The van der Waals surface area contributed by atoms with E-state index >= 15 is 0 Å². The van der Waals surface area contributed by atoms with Gasteiger partial charge in [0, 0.05) is 37.4 Å². The van der Waals surface area contributed by atoms with Gasteiger partial charge in [0.05, 0.1) is 6.54 Å². The second-order valence-corrected chi connectivity index (χ2v) is 4.53. The summed E-state index contributed by atoms with van der Waals surface area (Å²) in [6.45, 7) is 9.25. The smallest absolute Gasteiger partial charge is 0.128 e. The first-order valence-corrected chi connectivity index (χ1v) is 6.63. The van der Waals surface area contributed by atoms with E-state index in [1.165, 1.54) is 5.56 Å². The molecule has 2 heterocycles. The highest BCUT2D eigenvalue weighted by atomic mass is 15.1. The van der Waals surface area contributed by atoms with Gasteiger partial charge < -0.3 is 14.5 Å². The molecule has 0 fully saturated rings. The normalized spacial score (nSPS) is 12.8. The Balaban J connectivity index is 2.07. The van der Waals surface area contributed by atoms with Crippen molar-refractivity contribution >= 4 is 0 Å². The molecule has 0 bridgehead atoms. The Labute approximate surface area is 109 Å². The van der Waals surface area contributed by atoms with Gasteiger partial charge in [-0.15, -0.1) is 0 Å². The average Bonchev–Trinajstić information content (AvgIpc) is 2.99. The van der Waals surface area contributed by atoms with Gasteiger partial charge in [0.15, 0.2) is 0 Å². The van der Waals surface area contributed by atoms with Crippen LogP contribution in [0.3, 0.4) is 0 Å². The van der Waals surface area contributed by atoms with Crippen molar-refractivity contribution in [1.82, 2.24) is 19.4 Å². The highest BCUT2D eigenvalue weighted by Crippen LogP contribution is 2.13. The van der Waals surface area contributed by atoms with Gasteiger partial charge in [-0.25, -0.2) is 4.98 Å². The van der Waals surface area contributed by atoms with Crippen molar-refractivity contribution in [3.05, 3.63) is 42.2 Å². The van der Waals surface area contributed by atoms with Crippen molar-refractivity contribution in [2.45, 2.75) is 39.9 Å². The maximum Gasteiger partial charge on any atom is 0.128 e. The fourth-order valence-electron chi connectivity index (χ4n) is 2.18. The second-order valence-electron chi connectivity index (χ2n) is 4.53. The largest absolute Gasteiger partial charge is 0.346 e. The van der Waals surface area contributed by atoms with Gasteiger partial charge in [0.1, 0.15) is 5.82 Å². The maximum atomic E-state index is 4.40. The zero-order valence-corrected chi connectivity index (χ0v) is 11.4. The highest BCUT2D eigenvalue weighted by Gasteiger charge is 2.07. The lowest BCUT2D eigenvalue weighted by Crippen LogP contribution is -2.17. The minimum Gasteiger partial charge on any atom is -0.346 e. The van der Waals surface area contributed by atoms with E-state index in [1.807, 2.05) is 12.4 Å². The first-order valence-electron chi connectivity index (χ1n) is 6.63. The third kappa shape index (κ3) is 2.82. The lowest BCUT2D eigenvalue weighted by molar-refractivity contribution is 0.594. The number of aromatic nitrogens is 3. The molecule has 4 nitrogen and oxygen atoms in total. The molecular formula is C14H22N4. The molecule has 4 heteroatoms. The van der Waals surface area contributed by atoms with Crippen LogP contribution in [0.25, 0.3) is 0 Å². The minimum atomic E-state index is 0.405. The van der Waals surface area contributed by atoms with Gasteiger partial charge in [0.2, 0.25) is 0 Å². The zero-order chi connectivity index (χ0) is 13.0. The SMILES string of the molecule is CCNC(C)c1ccn(Cc2nccn2CC)c1. The molecule has 1 unspecified atom stereocenters. The van der Waals surface area contributed by atoms with Crippen molar-refractivity contribution in [3.63, 3.8) is 0 Å². The molecule has 0 spiro atoms. The number of hydrogen-bond acceptors (Lipinski definition) is 2. The summed E-state index contributed by atoms with van der Waals surface area (Å²) in [6.07, 6.45) is 8.21. The summed E-state index contributed by atoms with van der Waals surface area (Å²) in [6, 6.07) is 2.58. The minimum absolute atomic E-state index is 0.405. The van der Waals surface area contributed by atoms with Crippen LogP contribution in [0.15, 0.2) is 30.9 Å². The second kappa shape index (κ2) is 5.87. The third-order valence-electron chi connectivity index (χ3n) is 3.25. The van der Waals surface area contributed by atoms with E-state index in [9.17, 15) is 0 Å². The van der Waals surface area contributed by atoms with Gasteiger partial charge in [0.25, 0.3) is 0 Å². The van der Waals surface area contributed by atoms with Crippen LogP contribution in [0.4, 0.5) is 0 Å². The summed E-state index contributed by atoms with van der Waals surface area (Å²) in [7, 11) is 0. The van der Waals surface area contributed by atoms with Gasteiger partial charge in [-0.2, -0.15) is 0 Å². The van der Waals surface area contributed by atoms with Crippen LogP contribution >= 0.6 is 0 Å². The molecule has 1 N–H and O–H groups in total. The van der Waals surface area contributed by atoms with Crippen LogP contribution in [-0.2, 0) is 13.1 Å². The van der Waals surface area contributed by atoms with E-state index in [4.69, 9.17) is 0 Å². The highest BCUT2D eigenvalue weighted by molar-refractivity contribution is 5.15. The van der Waals surface area contributed by atoms with Crippen molar-refractivity contribution in [2.75, 3.05) is 6.54 Å². The molecule has 0 aliphatic rings. The molecule has 0 aliphatic carbocycles. The quantitative estimate of drug-likeness (QED) is 0.849. The topological polar surface area (TPSA) is 34.8 Å². The maximum absolute atomic E-state index is 4.40. The van der Waals surface area contributed by atoms with Crippen LogP contribution in [0.1, 0.15) is 38.2 Å². The molecule has 0 saturated carbocycles. The van der Waals surface area contributed by atoms with Crippen molar-refractivity contribution in [1.29, 1.82) is 0 Å². The first-order chi connectivity index (χ1) is 8.74. The zero-order valence-electron chi connectivity index (χ0n) is 11.4. The molecular weight excluding hydrogens is 224 g/mol. The lowest BCUT2D eigenvalue weighted by Gasteiger charge is -2.10. The lowest BCUT2D eigenvalue weighted by atomic mass is 10.2. The van der Waals surface area contributed by atoms with E-state index in [1.54, 1.807) is 0 Å².